The Bertz CT molecular complexity index is 127. The molecule has 0 aromatic rings. The second kappa shape index (κ2) is 7.79. The Balaban J connectivity index is 3.33. The summed E-state index contributed by atoms with van der Waals surface area (Å²) in [6, 6.07) is 0. The molecule has 1 N–H and O–H groups in total. The van der Waals surface area contributed by atoms with Crippen LogP contribution in [0, 0.1) is 0 Å². The highest BCUT2D eigenvalue weighted by Crippen LogP contribution is 1.99. The van der Waals surface area contributed by atoms with Crippen LogP contribution in [-0.4, -0.2) is 28.2 Å². The van der Waals surface area contributed by atoms with Gasteiger partial charge < -0.3 is 9.84 Å². The minimum absolute atomic E-state index is 0.118. The van der Waals surface area contributed by atoms with Gasteiger partial charge in [0.1, 0.15) is 0 Å². The zero-order valence-electron chi connectivity index (χ0n) is 7.25. The molecular weight excluding hydrogens is 271 g/mol. The van der Waals surface area contributed by atoms with Crippen molar-refractivity contribution in [3.05, 3.63) is 0 Å². The van der Waals surface area contributed by atoms with E-state index in [0.717, 1.165) is 12.8 Å². The molecule has 4 heteroatoms. The van der Waals surface area contributed by atoms with E-state index in [9.17, 15) is 4.79 Å². The van der Waals surface area contributed by atoms with E-state index in [4.69, 9.17) is 9.84 Å². The van der Waals surface area contributed by atoms with Gasteiger partial charge in [-0.05, 0) is 6.42 Å². The molecule has 0 aliphatic heterocycles. The van der Waals surface area contributed by atoms with Crippen molar-refractivity contribution in [1.82, 2.24) is 0 Å². The summed E-state index contributed by atoms with van der Waals surface area (Å²) in [4.78, 5) is 10.9. The monoisotopic (exact) mass is 286 g/mol. The summed E-state index contributed by atoms with van der Waals surface area (Å²) in [7, 11) is 0. The van der Waals surface area contributed by atoms with Crippen molar-refractivity contribution < 1.29 is 14.6 Å². The van der Waals surface area contributed by atoms with Gasteiger partial charge in [0.15, 0.2) is 0 Å². The topological polar surface area (TPSA) is 46.5 Å². The van der Waals surface area contributed by atoms with Crippen LogP contribution >= 0.6 is 22.6 Å². The molecule has 3 nitrogen and oxygen atoms in total. The van der Waals surface area contributed by atoms with Crippen LogP contribution in [0.2, 0.25) is 0 Å². The van der Waals surface area contributed by atoms with E-state index in [2.05, 4.69) is 0 Å². The second-order valence-electron chi connectivity index (χ2n) is 2.59. The lowest BCUT2D eigenvalue weighted by atomic mass is 10.3. The van der Waals surface area contributed by atoms with Crippen LogP contribution in [0.3, 0.4) is 0 Å². The van der Waals surface area contributed by atoms with Crippen molar-refractivity contribution in [2.75, 3.05) is 11.0 Å². The van der Waals surface area contributed by atoms with Crippen LogP contribution in [0.4, 0.5) is 0 Å². The molecule has 0 aliphatic rings. The molecule has 0 aliphatic carbocycles. The first-order chi connectivity index (χ1) is 5.70. The van der Waals surface area contributed by atoms with Crippen LogP contribution in [0.25, 0.3) is 0 Å². The van der Waals surface area contributed by atoms with Crippen LogP contribution in [-0.2, 0) is 9.53 Å². The standard InChI is InChI=1S/C8H15IO3/c1-2-3-4-12-8(11)5-7(10)6-9/h7,10H,2-6H2,1H3/t7-/m1/s1. The van der Waals surface area contributed by atoms with Gasteiger partial charge in [0.2, 0.25) is 0 Å². The number of hydrogen-bond acceptors (Lipinski definition) is 3. The number of halogens is 1. The summed E-state index contributed by atoms with van der Waals surface area (Å²) in [6.45, 7) is 2.51. The van der Waals surface area contributed by atoms with Crippen molar-refractivity contribution in [2.24, 2.45) is 0 Å². The maximum atomic E-state index is 10.9. The van der Waals surface area contributed by atoms with Crippen molar-refractivity contribution >= 4 is 28.6 Å². The van der Waals surface area contributed by atoms with Gasteiger partial charge in [-0.25, -0.2) is 0 Å². The summed E-state index contributed by atoms with van der Waals surface area (Å²) < 4.78 is 5.42. The van der Waals surface area contributed by atoms with E-state index < -0.39 is 6.10 Å². The number of alkyl halides is 1. The Labute approximate surface area is 86.6 Å². The van der Waals surface area contributed by atoms with Crippen molar-refractivity contribution in [1.29, 1.82) is 0 Å². The second-order valence-corrected chi connectivity index (χ2v) is 3.47. The molecule has 0 saturated carbocycles. The lowest BCUT2D eigenvalue weighted by Gasteiger charge is -2.06. The van der Waals surface area contributed by atoms with Crippen molar-refractivity contribution in [2.45, 2.75) is 32.3 Å². The zero-order chi connectivity index (χ0) is 9.40. The molecule has 0 heterocycles. The molecule has 0 saturated heterocycles. The number of carbonyl (C=O) groups is 1. The predicted molar refractivity (Wildman–Crippen MR) is 55.4 cm³/mol. The molecule has 0 rings (SSSR count). The number of aliphatic hydroxyl groups is 1. The summed E-state index contributed by atoms with van der Waals surface area (Å²) in [6.07, 6.45) is 1.47. The van der Waals surface area contributed by atoms with E-state index in [1.165, 1.54) is 0 Å². The molecule has 0 fully saturated rings. The smallest absolute Gasteiger partial charge is 0.308 e. The lowest BCUT2D eigenvalue weighted by Crippen LogP contribution is -2.17. The Hall–Kier alpha value is 0.160. The fraction of sp³-hybridized carbons (Fsp3) is 0.875. The molecule has 72 valence electrons. The quantitative estimate of drug-likeness (QED) is 0.348. The van der Waals surface area contributed by atoms with Gasteiger partial charge in [-0.3, -0.25) is 4.79 Å². The predicted octanol–water partition coefficient (Wildman–Crippen LogP) is 1.52. The average molecular weight is 286 g/mol. The molecule has 0 bridgehead atoms. The Morgan fingerprint density at radius 2 is 2.33 bits per heavy atom. The van der Waals surface area contributed by atoms with Crippen LogP contribution in [0.1, 0.15) is 26.2 Å². The first-order valence-corrected chi connectivity index (χ1v) is 5.63. The molecule has 0 aromatic carbocycles. The summed E-state index contributed by atoms with van der Waals surface area (Å²) in [5, 5.41) is 9.08. The van der Waals surface area contributed by atoms with Crippen LogP contribution in [0.15, 0.2) is 0 Å². The van der Waals surface area contributed by atoms with Crippen LogP contribution < -0.4 is 0 Å². The van der Waals surface area contributed by atoms with E-state index in [-0.39, 0.29) is 12.4 Å². The van der Waals surface area contributed by atoms with E-state index in [0.29, 0.717) is 11.0 Å². The van der Waals surface area contributed by atoms with Crippen LogP contribution in [0.5, 0.6) is 0 Å². The summed E-state index contributed by atoms with van der Waals surface area (Å²) in [5.41, 5.74) is 0. The van der Waals surface area contributed by atoms with Crippen molar-refractivity contribution in [3.8, 4) is 0 Å². The normalized spacial score (nSPS) is 12.6. The van der Waals surface area contributed by atoms with Gasteiger partial charge in [-0.15, -0.1) is 0 Å². The number of unbranched alkanes of at least 4 members (excludes halogenated alkanes) is 1. The third-order valence-corrected chi connectivity index (χ3v) is 2.36. The molecular formula is C8H15IO3. The van der Waals surface area contributed by atoms with E-state index in [1.54, 1.807) is 0 Å². The molecule has 0 aromatic heterocycles. The zero-order valence-corrected chi connectivity index (χ0v) is 9.41. The van der Waals surface area contributed by atoms with E-state index >= 15 is 0 Å². The largest absolute Gasteiger partial charge is 0.466 e. The number of hydrogen-bond donors (Lipinski definition) is 1. The van der Waals surface area contributed by atoms with Gasteiger partial charge in [0.25, 0.3) is 0 Å². The third-order valence-electron chi connectivity index (χ3n) is 1.34. The molecule has 0 unspecified atom stereocenters. The average Bonchev–Trinajstić information content (AvgIpc) is 2.05. The minimum atomic E-state index is -0.556. The van der Waals surface area contributed by atoms with Crippen molar-refractivity contribution in [3.63, 3.8) is 0 Å². The third kappa shape index (κ3) is 6.84. The summed E-state index contributed by atoms with van der Waals surface area (Å²) >= 11 is 2.03. The number of rotatable bonds is 6. The Morgan fingerprint density at radius 3 is 2.83 bits per heavy atom. The highest BCUT2D eigenvalue weighted by Gasteiger charge is 2.09. The molecule has 0 amide bonds. The Morgan fingerprint density at radius 1 is 1.67 bits per heavy atom. The molecule has 1 atom stereocenters. The van der Waals surface area contributed by atoms with Gasteiger partial charge in [0, 0.05) is 4.43 Å². The Kier molecular flexibility index (Phi) is 7.89. The molecule has 12 heavy (non-hydrogen) atoms. The highest BCUT2D eigenvalue weighted by molar-refractivity contribution is 14.1. The fourth-order valence-electron chi connectivity index (χ4n) is 0.636. The number of carbonyl (C=O) groups excluding carboxylic acids is 1. The van der Waals surface area contributed by atoms with Gasteiger partial charge >= 0.3 is 5.97 Å². The summed E-state index contributed by atoms with van der Waals surface area (Å²) in [5.74, 6) is -0.299. The first kappa shape index (κ1) is 12.2. The number of ether oxygens (including phenoxy) is 1. The maximum Gasteiger partial charge on any atom is 0.308 e. The molecule has 0 spiro atoms. The lowest BCUT2D eigenvalue weighted by molar-refractivity contribution is -0.145. The number of esters is 1. The first-order valence-electron chi connectivity index (χ1n) is 4.10. The van der Waals surface area contributed by atoms with Gasteiger partial charge in [0.05, 0.1) is 19.1 Å². The van der Waals surface area contributed by atoms with Gasteiger partial charge in [-0.1, -0.05) is 35.9 Å². The maximum absolute atomic E-state index is 10.9. The van der Waals surface area contributed by atoms with E-state index in [1.807, 2.05) is 29.5 Å². The number of aliphatic hydroxyl groups excluding tert-OH is 1. The minimum Gasteiger partial charge on any atom is -0.466 e. The fourth-order valence-corrected chi connectivity index (χ4v) is 0.948. The SMILES string of the molecule is CCCCOC(=O)C[C@@H](O)CI. The molecule has 0 radical (unpaired) electrons. The van der Waals surface area contributed by atoms with Gasteiger partial charge in [-0.2, -0.15) is 0 Å². The highest BCUT2D eigenvalue weighted by atomic mass is 127.